The molecule has 0 aliphatic rings. The molecule has 1 atom stereocenters. The average Bonchev–Trinajstić information content (AvgIpc) is 2.35. The number of carbonyl (C=O) groups excluding carboxylic acids is 1. The molecule has 1 rings (SSSR count). The van der Waals surface area contributed by atoms with Gasteiger partial charge in [0.05, 0.1) is 0 Å². The van der Waals surface area contributed by atoms with Crippen molar-refractivity contribution in [2.75, 3.05) is 18.4 Å². The van der Waals surface area contributed by atoms with Gasteiger partial charge < -0.3 is 10.2 Å². The number of benzene rings is 1. The van der Waals surface area contributed by atoms with Crippen molar-refractivity contribution in [3.05, 3.63) is 28.2 Å². The third-order valence-corrected chi connectivity index (χ3v) is 3.51. The predicted octanol–water partition coefficient (Wildman–Crippen LogP) is 3.43. The molecule has 0 saturated carbocycles. The molecule has 0 spiro atoms. The number of hydrogen-bond donors (Lipinski definition) is 1. The van der Waals surface area contributed by atoms with E-state index in [4.69, 9.17) is 0 Å². The minimum atomic E-state index is -0.210. The summed E-state index contributed by atoms with van der Waals surface area (Å²) in [5.74, 6) is 0.138. The van der Waals surface area contributed by atoms with Crippen LogP contribution in [-0.2, 0) is 4.79 Å². The fourth-order valence-electron chi connectivity index (χ4n) is 1.85. The maximum Gasteiger partial charge on any atom is 0.244 e. The van der Waals surface area contributed by atoms with E-state index in [1.54, 1.807) is 0 Å². The summed E-state index contributed by atoms with van der Waals surface area (Å²) < 4.78 is 1.01. The fraction of sp³-hybridized carbons (Fsp3) is 0.500. The lowest BCUT2D eigenvalue weighted by Gasteiger charge is -2.24. The van der Waals surface area contributed by atoms with Crippen LogP contribution in [-0.4, -0.2) is 29.9 Å². The van der Waals surface area contributed by atoms with Gasteiger partial charge in [0, 0.05) is 23.2 Å². The van der Waals surface area contributed by atoms with Crippen LogP contribution in [0.3, 0.4) is 0 Å². The minimum absolute atomic E-state index is 0.138. The second kappa shape index (κ2) is 6.78. The van der Waals surface area contributed by atoms with Gasteiger partial charge in [-0.3, -0.25) is 4.79 Å². The first kappa shape index (κ1) is 15.0. The van der Waals surface area contributed by atoms with Gasteiger partial charge in [-0.05, 0) is 45.4 Å². The Bertz CT molecular complexity index is 416. The Balaban J connectivity index is 2.77. The molecule has 0 saturated heterocycles. The third-order valence-electron chi connectivity index (χ3n) is 3.02. The number of carbonyl (C=O) groups is 1. The number of rotatable bonds is 5. The SMILES string of the molecule is CCN(CC)C(=O)C(C)Nc1cc(Br)ccc1C. The first-order valence-electron chi connectivity index (χ1n) is 6.31. The topological polar surface area (TPSA) is 32.3 Å². The van der Waals surface area contributed by atoms with Crippen molar-refractivity contribution in [3.8, 4) is 0 Å². The summed E-state index contributed by atoms with van der Waals surface area (Å²) in [7, 11) is 0. The monoisotopic (exact) mass is 312 g/mol. The molecule has 18 heavy (non-hydrogen) atoms. The number of likely N-dealkylation sites (N-methyl/N-ethyl adjacent to an activating group) is 1. The highest BCUT2D eigenvalue weighted by atomic mass is 79.9. The molecule has 0 aromatic heterocycles. The van der Waals surface area contributed by atoms with Crippen molar-refractivity contribution in [2.24, 2.45) is 0 Å². The standard InChI is InChI=1S/C14H21BrN2O/c1-5-17(6-2)14(18)11(4)16-13-9-12(15)8-7-10(13)3/h7-9,11,16H,5-6H2,1-4H3. The summed E-state index contributed by atoms with van der Waals surface area (Å²) in [6.45, 7) is 9.43. The molecule has 0 bridgehead atoms. The number of anilines is 1. The largest absolute Gasteiger partial charge is 0.374 e. The number of nitrogens with zero attached hydrogens (tertiary/aromatic N) is 1. The molecule has 3 nitrogen and oxygen atoms in total. The molecule has 0 aliphatic carbocycles. The molecular weight excluding hydrogens is 292 g/mol. The van der Waals surface area contributed by atoms with Crippen molar-refractivity contribution in [1.82, 2.24) is 4.90 Å². The summed E-state index contributed by atoms with van der Waals surface area (Å²) in [5, 5.41) is 3.28. The third kappa shape index (κ3) is 3.73. The van der Waals surface area contributed by atoms with Crippen molar-refractivity contribution in [2.45, 2.75) is 33.7 Å². The summed E-state index contributed by atoms with van der Waals surface area (Å²) >= 11 is 3.44. The molecular formula is C14H21BrN2O. The lowest BCUT2D eigenvalue weighted by atomic mass is 10.1. The minimum Gasteiger partial charge on any atom is -0.374 e. The zero-order chi connectivity index (χ0) is 13.7. The van der Waals surface area contributed by atoms with E-state index in [-0.39, 0.29) is 11.9 Å². The van der Waals surface area contributed by atoms with E-state index in [2.05, 4.69) is 21.2 Å². The van der Waals surface area contributed by atoms with Crippen LogP contribution >= 0.6 is 15.9 Å². The van der Waals surface area contributed by atoms with Crippen LogP contribution in [0, 0.1) is 6.92 Å². The van der Waals surface area contributed by atoms with E-state index in [1.165, 1.54) is 0 Å². The maximum absolute atomic E-state index is 12.2. The van der Waals surface area contributed by atoms with Crippen LogP contribution in [0.4, 0.5) is 5.69 Å². The van der Waals surface area contributed by atoms with Crippen LogP contribution < -0.4 is 5.32 Å². The quantitative estimate of drug-likeness (QED) is 0.903. The highest BCUT2D eigenvalue weighted by Gasteiger charge is 2.18. The molecule has 0 aliphatic heterocycles. The highest BCUT2D eigenvalue weighted by molar-refractivity contribution is 9.10. The first-order chi connectivity index (χ1) is 8.49. The molecule has 1 unspecified atom stereocenters. The Kier molecular flexibility index (Phi) is 5.66. The number of nitrogens with one attached hydrogen (secondary N) is 1. The van der Waals surface area contributed by atoms with E-state index in [1.807, 2.05) is 50.8 Å². The molecule has 0 heterocycles. The second-order valence-electron chi connectivity index (χ2n) is 4.34. The Morgan fingerprint density at radius 2 is 2.00 bits per heavy atom. The Labute approximate surface area is 118 Å². The maximum atomic E-state index is 12.2. The lowest BCUT2D eigenvalue weighted by Crippen LogP contribution is -2.41. The van der Waals surface area contributed by atoms with Crippen LogP contribution in [0.25, 0.3) is 0 Å². The van der Waals surface area contributed by atoms with Gasteiger partial charge in [-0.25, -0.2) is 0 Å². The fourth-order valence-corrected chi connectivity index (χ4v) is 2.21. The Morgan fingerprint density at radius 1 is 1.39 bits per heavy atom. The van der Waals surface area contributed by atoms with Crippen LogP contribution in [0.5, 0.6) is 0 Å². The number of amides is 1. The molecule has 0 radical (unpaired) electrons. The Hall–Kier alpha value is -1.03. The molecule has 100 valence electrons. The van der Waals surface area contributed by atoms with Crippen molar-refractivity contribution >= 4 is 27.5 Å². The van der Waals surface area contributed by atoms with E-state index in [9.17, 15) is 4.79 Å². The van der Waals surface area contributed by atoms with Gasteiger partial charge in [0.1, 0.15) is 6.04 Å². The van der Waals surface area contributed by atoms with Crippen molar-refractivity contribution < 1.29 is 4.79 Å². The van der Waals surface area contributed by atoms with Crippen LogP contribution in [0.15, 0.2) is 22.7 Å². The lowest BCUT2D eigenvalue weighted by molar-refractivity contribution is -0.131. The van der Waals surface area contributed by atoms with E-state index < -0.39 is 0 Å². The molecule has 1 amide bonds. The summed E-state index contributed by atoms with van der Waals surface area (Å²) in [5.41, 5.74) is 2.13. The molecule has 0 fully saturated rings. The van der Waals surface area contributed by atoms with Gasteiger partial charge in [-0.15, -0.1) is 0 Å². The van der Waals surface area contributed by atoms with Crippen LogP contribution in [0.1, 0.15) is 26.3 Å². The number of hydrogen-bond acceptors (Lipinski definition) is 2. The van der Waals surface area contributed by atoms with Gasteiger partial charge in [0.15, 0.2) is 0 Å². The summed E-state index contributed by atoms with van der Waals surface area (Å²) in [6, 6.07) is 5.82. The molecule has 4 heteroatoms. The number of halogens is 1. The smallest absolute Gasteiger partial charge is 0.244 e. The van der Waals surface area contributed by atoms with Gasteiger partial charge in [0.2, 0.25) is 5.91 Å². The zero-order valence-electron chi connectivity index (χ0n) is 11.5. The summed E-state index contributed by atoms with van der Waals surface area (Å²) in [6.07, 6.45) is 0. The first-order valence-corrected chi connectivity index (χ1v) is 7.10. The van der Waals surface area contributed by atoms with Gasteiger partial charge in [0.25, 0.3) is 0 Å². The van der Waals surface area contributed by atoms with Gasteiger partial charge >= 0.3 is 0 Å². The zero-order valence-corrected chi connectivity index (χ0v) is 13.0. The Morgan fingerprint density at radius 3 is 2.56 bits per heavy atom. The van der Waals surface area contributed by atoms with Gasteiger partial charge in [-0.1, -0.05) is 22.0 Å². The highest BCUT2D eigenvalue weighted by Crippen LogP contribution is 2.21. The van der Waals surface area contributed by atoms with E-state index >= 15 is 0 Å². The molecule has 1 aromatic rings. The molecule has 1 N–H and O–H groups in total. The van der Waals surface area contributed by atoms with E-state index in [0.29, 0.717) is 0 Å². The van der Waals surface area contributed by atoms with E-state index in [0.717, 1.165) is 28.8 Å². The normalized spacial score (nSPS) is 12.1. The molecule has 1 aromatic carbocycles. The second-order valence-corrected chi connectivity index (χ2v) is 5.25. The van der Waals surface area contributed by atoms with Crippen molar-refractivity contribution in [1.29, 1.82) is 0 Å². The van der Waals surface area contributed by atoms with Crippen molar-refractivity contribution in [3.63, 3.8) is 0 Å². The predicted molar refractivity (Wildman–Crippen MR) is 79.9 cm³/mol. The van der Waals surface area contributed by atoms with Gasteiger partial charge in [-0.2, -0.15) is 0 Å². The number of aryl methyl sites for hydroxylation is 1. The average molecular weight is 313 g/mol. The summed E-state index contributed by atoms with van der Waals surface area (Å²) in [4.78, 5) is 14.0. The van der Waals surface area contributed by atoms with Crippen LogP contribution in [0.2, 0.25) is 0 Å².